The summed E-state index contributed by atoms with van der Waals surface area (Å²) in [5.74, 6) is 0.172. The maximum atomic E-state index is 11.9. The van der Waals surface area contributed by atoms with Gasteiger partial charge in [0.05, 0.1) is 0 Å². The van der Waals surface area contributed by atoms with Crippen molar-refractivity contribution in [3.05, 3.63) is 30.1 Å². The van der Waals surface area contributed by atoms with Crippen molar-refractivity contribution in [2.45, 2.75) is 123 Å². The number of rotatable bonds is 18. The molecule has 0 spiro atoms. The van der Waals surface area contributed by atoms with Crippen LogP contribution in [0.3, 0.4) is 0 Å². The third kappa shape index (κ3) is 13.7. The van der Waals surface area contributed by atoms with E-state index in [9.17, 15) is 4.79 Å². The van der Waals surface area contributed by atoms with Gasteiger partial charge in [-0.15, -0.1) is 0 Å². The second-order valence-corrected chi connectivity index (χ2v) is 8.27. The maximum Gasteiger partial charge on any atom is 0.224 e. The molecule has 1 rings (SSSR count). The standard InChI is InChI=1S/C25H44N2O/c1-3-4-5-6-7-8-9-10-11-12-13-14-15-16-17-21-25(28)26-23-27-22-19-18-20-24(27)2/h18-20,22H,3-17,21,23H2,1-2H3/p+1. The van der Waals surface area contributed by atoms with Gasteiger partial charge in [0, 0.05) is 25.5 Å². The summed E-state index contributed by atoms with van der Waals surface area (Å²) in [7, 11) is 0. The molecule has 0 aliphatic rings. The summed E-state index contributed by atoms with van der Waals surface area (Å²) in [5, 5.41) is 3.01. The zero-order valence-corrected chi connectivity index (χ0v) is 18.7. The molecule has 0 unspecified atom stereocenters. The van der Waals surface area contributed by atoms with Crippen LogP contribution in [-0.2, 0) is 11.5 Å². The Bertz CT molecular complexity index is 501. The highest BCUT2D eigenvalue weighted by atomic mass is 16.1. The van der Waals surface area contributed by atoms with Crippen molar-refractivity contribution in [1.29, 1.82) is 0 Å². The number of pyridine rings is 1. The summed E-state index contributed by atoms with van der Waals surface area (Å²) in [5.41, 5.74) is 1.16. The van der Waals surface area contributed by atoms with E-state index in [0.717, 1.165) is 12.1 Å². The van der Waals surface area contributed by atoms with Gasteiger partial charge in [0.2, 0.25) is 12.6 Å². The van der Waals surface area contributed by atoms with E-state index in [1.165, 1.54) is 89.9 Å². The zero-order chi connectivity index (χ0) is 20.3. The van der Waals surface area contributed by atoms with Crippen molar-refractivity contribution in [2.75, 3.05) is 0 Å². The minimum atomic E-state index is 0.172. The highest BCUT2D eigenvalue weighted by Gasteiger charge is 2.06. The molecular formula is C25H45N2O+. The third-order valence-electron chi connectivity index (χ3n) is 5.62. The molecule has 0 saturated heterocycles. The van der Waals surface area contributed by atoms with Crippen molar-refractivity contribution >= 4 is 5.91 Å². The van der Waals surface area contributed by atoms with Crippen LogP contribution in [0.2, 0.25) is 0 Å². The molecule has 1 N–H and O–H groups in total. The minimum Gasteiger partial charge on any atom is -0.301 e. The van der Waals surface area contributed by atoms with Gasteiger partial charge in [-0.05, 0) is 6.42 Å². The average Bonchev–Trinajstić information content (AvgIpc) is 2.70. The lowest BCUT2D eigenvalue weighted by Crippen LogP contribution is -2.45. The summed E-state index contributed by atoms with van der Waals surface area (Å²) >= 11 is 0. The number of carbonyl (C=O) groups is 1. The number of hydrogen-bond donors (Lipinski definition) is 1. The molecule has 1 heterocycles. The van der Waals surface area contributed by atoms with E-state index in [1.54, 1.807) is 0 Å². The molecule has 0 fully saturated rings. The highest BCUT2D eigenvalue weighted by molar-refractivity contribution is 5.75. The Labute approximate surface area is 174 Å². The Kier molecular flexibility index (Phi) is 15.6. The lowest BCUT2D eigenvalue weighted by molar-refractivity contribution is -0.705. The fourth-order valence-corrected chi connectivity index (χ4v) is 3.66. The fraction of sp³-hybridized carbons (Fsp3) is 0.760. The number of amides is 1. The molecular weight excluding hydrogens is 344 g/mol. The monoisotopic (exact) mass is 389 g/mol. The molecule has 1 aromatic rings. The predicted molar refractivity (Wildman–Crippen MR) is 119 cm³/mol. The first kappa shape index (κ1) is 24.7. The van der Waals surface area contributed by atoms with Gasteiger partial charge in [0.25, 0.3) is 0 Å². The van der Waals surface area contributed by atoms with Crippen LogP contribution in [-0.4, -0.2) is 5.91 Å². The van der Waals surface area contributed by atoms with E-state index in [2.05, 4.69) is 29.8 Å². The molecule has 160 valence electrons. The van der Waals surface area contributed by atoms with Crippen LogP contribution >= 0.6 is 0 Å². The minimum absolute atomic E-state index is 0.172. The first-order chi connectivity index (χ1) is 13.7. The number of carbonyl (C=O) groups excluding carboxylic acids is 1. The van der Waals surface area contributed by atoms with Gasteiger partial charge >= 0.3 is 0 Å². The van der Waals surface area contributed by atoms with Gasteiger partial charge < -0.3 is 5.32 Å². The molecule has 0 saturated carbocycles. The average molecular weight is 390 g/mol. The number of nitrogens with one attached hydrogen (secondary N) is 1. The molecule has 28 heavy (non-hydrogen) atoms. The first-order valence-electron chi connectivity index (χ1n) is 12.0. The molecule has 1 amide bonds. The Morgan fingerprint density at radius 3 is 1.79 bits per heavy atom. The lowest BCUT2D eigenvalue weighted by atomic mass is 10.0. The van der Waals surface area contributed by atoms with Crippen LogP contribution in [0.4, 0.5) is 0 Å². The van der Waals surface area contributed by atoms with Crippen molar-refractivity contribution in [2.24, 2.45) is 0 Å². The van der Waals surface area contributed by atoms with Crippen molar-refractivity contribution in [3.63, 3.8) is 0 Å². The normalized spacial score (nSPS) is 10.9. The summed E-state index contributed by atoms with van der Waals surface area (Å²) in [6.45, 7) is 4.91. The summed E-state index contributed by atoms with van der Waals surface area (Å²) < 4.78 is 2.06. The number of nitrogens with zero attached hydrogens (tertiary/aromatic N) is 1. The third-order valence-corrected chi connectivity index (χ3v) is 5.62. The Morgan fingerprint density at radius 1 is 0.786 bits per heavy atom. The Balaban J connectivity index is 1.81. The second kappa shape index (κ2) is 17.7. The van der Waals surface area contributed by atoms with Gasteiger partial charge in [-0.25, -0.2) is 0 Å². The van der Waals surface area contributed by atoms with Gasteiger partial charge in [0.15, 0.2) is 11.9 Å². The van der Waals surface area contributed by atoms with Gasteiger partial charge in [-0.2, -0.15) is 4.57 Å². The summed E-state index contributed by atoms with van der Waals surface area (Å²) in [4.78, 5) is 11.9. The van der Waals surface area contributed by atoms with Crippen LogP contribution in [0.15, 0.2) is 24.4 Å². The largest absolute Gasteiger partial charge is 0.301 e. The fourth-order valence-electron chi connectivity index (χ4n) is 3.66. The molecule has 0 aromatic carbocycles. The van der Waals surface area contributed by atoms with Gasteiger partial charge in [-0.1, -0.05) is 103 Å². The summed E-state index contributed by atoms with van der Waals surface area (Å²) in [6, 6.07) is 6.07. The van der Waals surface area contributed by atoms with E-state index < -0.39 is 0 Å². The highest BCUT2D eigenvalue weighted by Crippen LogP contribution is 2.13. The van der Waals surface area contributed by atoms with Crippen molar-refractivity contribution in [1.82, 2.24) is 5.32 Å². The molecule has 0 radical (unpaired) electrons. The van der Waals surface area contributed by atoms with Crippen LogP contribution in [0.5, 0.6) is 0 Å². The zero-order valence-electron chi connectivity index (χ0n) is 18.7. The number of unbranched alkanes of at least 4 members (excludes halogenated alkanes) is 14. The van der Waals surface area contributed by atoms with E-state index in [4.69, 9.17) is 0 Å². The van der Waals surface area contributed by atoms with E-state index >= 15 is 0 Å². The Morgan fingerprint density at radius 2 is 1.29 bits per heavy atom. The van der Waals surface area contributed by atoms with E-state index in [0.29, 0.717) is 13.1 Å². The molecule has 1 aromatic heterocycles. The van der Waals surface area contributed by atoms with Gasteiger partial charge in [0.1, 0.15) is 0 Å². The summed E-state index contributed by atoms with van der Waals surface area (Å²) in [6.07, 6.45) is 23.0. The molecule has 3 heteroatoms. The molecule has 0 bridgehead atoms. The molecule has 0 atom stereocenters. The lowest BCUT2D eigenvalue weighted by Gasteiger charge is -2.05. The molecule has 0 aliphatic carbocycles. The van der Waals surface area contributed by atoms with Crippen LogP contribution in [0.1, 0.15) is 115 Å². The molecule has 0 aliphatic heterocycles. The van der Waals surface area contributed by atoms with E-state index in [-0.39, 0.29) is 5.91 Å². The first-order valence-corrected chi connectivity index (χ1v) is 12.0. The smallest absolute Gasteiger partial charge is 0.224 e. The van der Waals surface area contributed by atoms with Gasteiger partial charge in [-0.3, -0.25) is 4.79 Å². The SMILES string of the molecule is CCCCCCCCCCCCCCCCCC(=O)NC[n+]1ccccc1C. The Hall–Kier alpha value is -1.38. The topological polar surface area (TPSA) is 33.0 Å². The van der Waals surface area contributed by atoms with E-state index in [1.807, 2.05) is 18.3 Å². The molecule has 3 nitrogen and oxygen atoms in total. The van der Waals surface area contributed by atoms with Crippen LogP contribution < -0.4 is 9.88 Å². The number of hydrogen-bond acceptors (Lipinski definition) is 1. The van der Waals surface area contributed by atoms with Crippen LogP contribution in [0.25, 0.3) is 0 Å². The van der Waals surface area contributed by atoms with Crippen molar-refractivity contribution in [3.8, 4) is 0 Å². The van der Waals surface area contributed by atoms with Crippen molar-refractivity contribution < 1.29 is 9.36 Å². The number of aromatic nitrogens is 1. The number of aryl methyl sites for hydroxylation is 1. The van der Waals surface area contributed by atoms with Crippen LogP contribution in [0, 0.1) is 6.92 Å². The predicted octanol–water partition coefficient (Wildman–Crippen LogP) is 6.62. The maximum absolute atomic E-state index is 11.9. The quantitative estimate of drug-likeness (QED) is 0.222. The second-order valence-electron chi connectivity index (χ2n) is 8.27.